The van der Waals surface area contributed by atoms with Gasteiger partial charge in [0.05, 0.1) is 12.7 Å². The molecule has 2 rings (SSSR count). The van der Waals surface area contributed by atoms with Crippen LogP contribution in [0.4, 0.5) is 5.69 Å². The van der Waals surface area contributed by atoms with Gasteiger partial charge in [-0.3, -0.25) is 0 Å². The third-order valence-electron chi connectivity index (χ3n) is 2.75. The number of morpholine rings is 1. The van der Waals surface area contributed by atoms with Crippen molar-refractivity contribution in [1.29, 1.82) is 5.26 Å². The maximum absolute atomic E-state index is 8.74. The minimum Gasteiger partial charge on any atom is -0.382 e. The Hall–Kier alpha value is -1.64. The van der Waals surface area contributed by atoms with Crippen molar-refractivity contribution in [2.24, 2.45) is 0 Å². The highest BCUT2D eigenvalue weighted by molar-refractivity contribution is 5.45. The Labute approximate surface area is 101 Å². The van der Waals surface area contributed by atoms with Crippen LogP contribution in [0.1, 0.15) is 5.69 Å². The number of ether oxygens (including phenoxy) is 1. The molecule has 1 aliphatic rings. The Kier molecular flexibility index (Phi) is 3.91. The van der Waals surface area contributed by atoms with Gasteiger partial charge in [0.15, 0.2) is 0 Å². The average molecular weight is 232 g/mol. The minimum absolute atomic E-state index is 0.201. The molecule has 0 bridgehead atoms. The van der Waals surface area contributed by atoms with E-state index in [1.54, 1.807) is 12.3 Å². The predicted molar refractivity (Wildman–Crippen MR) is 64.7 cm³/mol. The molecule has 0 spiro atoms. The number of aromatic nitrogens is 1. The Balaban J connectivity index is 1.87. The molecule has 0 aromatic carbocycles. The van der Waals surface area contributed by atoms with Crippen LogP contribution in [0.2, 0.25) is 0 Å². The van der Waals surface area contributed by atoms with E-state index < -0.39 is 0 Å². The van der Waals surface area contributed by atoms with Crippen LogP contribution >= 0.6 is 0 Å². The Morgan fingerprint density at radius 1 is 1.71 bits per heavy atom. The lowest BCUT2D eigenvalue weighted by molar-refractivity contribution is -0.0117. The van der Waals surface area contributed by atoms with Gasteiger partial charge in [-0.1, -0.05) is 0 Å². The fraction of sp³-hybridized carbons (Fsp3) is 0.500. The summed E-state index contributed by atoms with van der Waals surface area (Å²) in [5, 5.41) is 12.0. The van der Waals surface area contributed by atoms with Crippen LogP contribution < -0.4 is 5.32 Å². The van der Waals surface area contributed by atoms with Crippen LogP contribution in [0.25, 0.3) is 0 Å². The van der Waals surface area contributed by atoms with E-state index in [1.807, 2.05) is 12.1 Å². The first-order valence-corrected chi connectivity index (χ1v) is 5.68. The Morgan fingerprint density at radius 3 is 3.35 bits per heavy atom. The van der Waals surface area contributed by atoms with Gasteiger partial charge >= 0.3 is 0 Å². The maximum atomic E-state index is 8.74. The first-order valence-electron chi connectivity index (χ1n) is 5.68. The summed E-state index contributed by atoms with van der Waals surface area (Å²) in [7, 11) is 2.09. The minimum atomic E-state index is 0.201. The fourth-order valence-corrected chi connectivity index (χ4v) is 1.82. The number of anilines is 1. The van der Waals surface area contributed by atoms with Crippen molar-refractivity contribution in [3.8, 4) is 6.07 Å². The summed E-state index contributed by atoms with van der Waals surface area (Å²) in [5.41, 5.74) is 1.34. The molecular formula is C12H16N4O. The van der Waals surface area contributed by atoms with Crippen molar-refractivity contribution in [3.63, 3.8) is 0 Å². The quantitative estimate of drug-likeness (QED) is 0.831. The second-order valence-electron chi connectivity index (χ2n) is 4.18. The number of nitrogens with one attached hydrogen (secondary N) is 1. The summed E-state index contributed by atoms with van der Waals surface area (Å²) in [5.74, 6) is 0. The summed E-state index contributed by atoms with van der Waals surface area (Å²) in [6.45, 7) is 3.45. The molecule has 1 aliphatic heterocycles. The second kappa shape index (κ2) is 5.62. The van der Waals surface area contributed by atoms with E-state index in [9.17, 15) is 0 Å². The zero-order chi connectivity index (χ0) is 12.1. The third-order valence-corrected chi connectivity index (χ3v) is 2.75. The molecule has 2 heterocycles. The number of nitriles is 1. The highest BCUT2D eigenvalue weighted by Gasteiger charge is 2.17. The molecule has 1 saturated heterocycles. The number of nitrogens with zero attached hydrogens (tertiary/aromatic N) is 3. The van der Waals surface area contributed by atoms with Crippen LogP contribution in [0, 0.1) is 11.3 Å². The number of rotatable bonds is 3. The van der Waals surface area contributed by atoms with Gasteiger partial charge in [0.25, 0.3) is 0 Å². The van der Waals surface area contributed by atoms with E-state index in [4.69, 9.17) is 10.00 Å². The van der Waals surface area contributed by atoms with Gasteiger partial charge in [-0.05, 0) is 19.2 Å². The summed E-state index contributed by atoms with van der Waals surface area (Å²) >= 11 is 0. The SMILES string of the molecule is CN1CCOC(CNc2ccnc(C#N)c2)C1. The third kappa shape index (κ3) is 3.41. The molecule has 1 N–H and O–H groups in total. The molecule has 1 aromatic rings. The number of likely N-dealkylation sites (N-methyl/N-ethyl adjacent to an activating group) is 1. The number of hydrogen-bond acceptors (Lipinski definition) is 5. The normalized spacial score (nSPS) is 20.8. The fourth-order valence-electron chi connectivity index (χ4n) is 1.82. The van der Waals surface area contributed by atoms with Crippen LogP contribution in [0.3, 0.4) is 0 Å². The Morgan fingerprint density at radius 2 is 2.59 bits per heavy atom. The second-order valence-corrected chi connectivity index (χ2v) is 4.18. The molecule has 0 aliphatic carbocycles. The molecule has 5 nitrogen and oxygen atoms in total. The molecule has 0 saturated carbocycles. The molecule has 1 atom stereocenters. The summed E-state index contributed by atoms with van der Waals surface area (Å²) in [6, 6.07) is 5.62. The molecule has 0 radical (unpaired) electrons. The molecule has 17 heavy (non-hydrogen) atoms. The van der Waals surface area contributed by atoms with E-state index in [-0.39, 0.29) is 6.10 Å². The van der Waals surface area contributed by atoms with Gasteiger partial charge in [-0.2, -0.15) is 5.26 Å². The van der Waals surface area contributed by atoms with Gasteiger partial charge in [0, 0.05) is 31.5 Å². The van der Waals surface area contributed by atoms with E-state index >= 15 is 0 Å². The molecule has 1 fully saturated rings. The topological polar surface area (TPSA) is 61.2 Å². The van der Waals surface area contributed by atoms with Crippen LogP contribution in [0.5, 0.6) is 0 Å². The van der Waals surface area contributed by atoms with Crippen molar-refractivity contribution >= 4 is 5.69 Å². The van der Waals surface area contributed by atoms with Crippen molar-refractivity contribution in [2.45, 2.75) is 6.10 Å². The lowest BCUT2D eigenvalue weighted by Crippen LogP contribution is -2.43. The summed E-state index contributed by atoms with van der Waals surface area (Å²) in [4.78, 5) is 6.18. The molecule has 90 valence electrons. The molecule has 5 heteroatoms. The smallest absolute Gasteiger partial charge is 0.142 e. The zero-order valence-electron chi connectivity index (χ0n) is 9.89. The van der Waals surface area contributed by atoms with E-state index in [2.05, 4.69) is 22.2 Å². The van der Waals surface area contributed by atoms with Gasteiger partial charge in [0.1, 0.15) is 11.8 Å². The van der Waals surface area contributed by atoms with Crippen molar-refractivity contribution < 1.29 is 4.74 Å². The molecule has 1 unspecified atom stereocenters. The standard InChI is InChI=1S/C12H16N4O/c1-16-4-5-17-12(9-16)8-15-10-2-3-14-11(6-10)7-13/h2-3,6,12H,4-5,8-9H2,1H3,(H,14,15). The molecular weight excluding hydrogens is 216 g/mol. The van der Waals surface area contributed by atoms with Crippen LogP contribution in [-0.4, -0.2) is 49.3 Å². The van der Waals surface area contributed by atoms with Gasteiger partial charge in [-0.15, -0.1) is 0 Å². The van der Waals surface area contributed by atoms with Crippen molar-refractivity contribution in [2.75, 3.05) is 38.6 Å². The van der Waals surface area contributed by atoms with Crippen molar-refractivity contribution in [3.05, 3.63) is 24.0 Å². The van der Waals surface area contributed by atoms with Crippen molar-refractivity contribution in [1.82, 2.24) is 9.88 Å². The van der Waals surface area contributed by atoms with E-state index in [1.165, 1.54) is 0 Å². The average Bonchev–Trinajstić information content (AvgIpc) is 2.37. The van der Waals surface area contributed by atoms with Crippen LogP contribution in [-0.2, 0) is 4.74 Å². The maximum Gasteiger partial charge on any atom is 0.142 e. The van der Waals surface area contributed by atoms with Gasteiger partial charge in [-0.25, -0.2) is 4.98 Å². The predicted octanol–water partition coefficient (Wildman–Crippen LogP) is 0.696. The largest absolute Gasteiger partial charge is 0.382 e. The number of pyridine rings is 1. The van der Waals surface area contributed by atoms with Crippen LogP contribution in [0.15, 0.2) is 18.3 Å². The molecule has 0 amide bonds. The lowest BCUT2D eigenvalue weighted by Gasteiger charge is -2.30. The first kappa shape index (κ1) is 11.8. The highest BCUT2D eigenvalue weighted by Crippen LogP contribution is 2.09. The monoisotopic (exact) mass is 232 g/mol. The van der Waals surface area contributed by atoms with E-state index in [0.717, 1.165) is 31.9 Å². The first-order chi connectivity index (χ1) is 8.28. The molecule has 1 aromatic heterocycles. The van der Waals surface area contributed by atoms with Gasteiger partial charge in [0.2, 0.25) is 0 Å². The Bertz CT molecular complexity index is 415. The van der Waals surface area contributed by atoms with Gasteiger partial charge < -0.3 is 15.0 Å². The highest BCUT2D eigenvalue weighted by atomic mass is 16.5. The van der Waals surface area contributed by atoms with E-state index in [0.29, 0.717) is 5.69 Å². The summed E-state index contributed by atoms with van der Waals surface area (Å²) < 4.78 is 5.64. The number of hydrogen-bond donors (Lipinski definition) is 1. The summed E-state index contributed by atoms with van der Waals surface area (Å²) in [6.07, 6.45) is 1.84. The lowest BCUT2D eigenvalue weighted by atomic mass is 10.2. The zero-order valence-corrected chi connectivity index (χ0v) is 9.89.